The third kappa shape index (κ3) is 2.15. The molecule has 0 radical (unpaired) electrons. The molecule has 0 aliphatic heterocycles. The van der Waals surface area contributed by atoms with E-state index in [1.165, 1.54) is 12.2 Å². The summed E-state index contributed by atoms with van der Waals surface area (Å²) < 4.78 is 0. The number of carbonyl (C=O) groups excluding carboxylic acids is 2. The van der Waals surface area contributed by atoms with Gasteiger partial charge >= 0.3 is 0 Å². The lowest BCUT2D eigenvalue weighted by Gasteiger charge is -2.11. The molecule has 1 aliphatic carbocycles. The molecule has 4 heteroatoms. The number of carbonyl (C=O) groups is 2. The van der Waals surface area contributed by atoms with Gasteiger partial charge in [0, 0.05) is 5.69 Å². The Bertz CT molecular complexity index is 691. The standard InChI is InChI=1S/C15H10N2O2/c18-12-7-8-13(19)15-11(12)6-9-14(17-15)16-10-4-2-1-3-5-10/h1-9H,(H,16,17). The molecule has 0 unspecified atom stereocenters. The topological polar surface area (TPSA) is 59.1 Å². The first-order valence-corrected chi connectivity index (χ1v) is 5.84. The summed E-state index contributed by atoms with van der Waals surface area (Å²) in [5.74, 6) is 0.112. The molecule has 0 bridgehead atoms. The molecule has 0 spiro atoms. The zero-order chi connectivity index (χ0) is 13.2. The number of nitrogens with one attached hydrogen (secondary N) is 1. The minimum Gasteiger partial charge on any atom is -0.340 e. The molecule has 2 aromatic rings. The summed E-state index contributed by atoms with van der Waals surface area (Å²) in [5.41, 5.74) is 1.43. The molecule has 0 saturated heterocycles. The normalized spacial score (nSPS) is 13.3. The summed E-state index contributed by atoms with van der Waals surface area (Å²) in [6, 6.07) is 12.8. The molecule has 1 N–H and O–H groups in total. The van der Waals surface area contributed by atoms with Crippen molar-refractivity contribution in [3.63, 3.8) is 0 Å². The fourth-order valence-corrected chi connectivity index (χ4v) is 1.90. The van der Waals surface area contributed by atoms with Crippen LogP contribution >= 0.6 is 0 Å². The van der Waals surface area contributed by atoms with E-state index in [-0.39, 0.29) is 17.3 Å². The molecule has 1 aromatic carbocycles. The van der Waals surface area contributed by atoms with Crippen molar-refractivity contribution in [2.24, 2.45) is 0 Å². The third-order valence-electron chi connectivity index (χ3n) is 2.83. The highest BCUT2D eigenvalue weighted by Crippen LogP contribution is 2.20. The second-order valence-corrected chi connectivity index (χ2v) is 4.15. The SMILES string of the molecule is O=C1C=CC(=O)c2nc(Nc3ccccc3)ccc21. The van der Waals surface area contributed by atoms with E-state index in [1.54, 1.807) is 12.1 Å². The van der Waals surface area contributed by atoms with Crippen molar-refractivity contribution in [3.8, 4) is 0 Å². The molecule has 1 aromatic heterocycles. The highest BCUT2D eigenvalue weighted by atomic mass is 16.1. The second-order valence-electron chi connectivity index (χ2n) is 4.15. The molecule has 4 nitrogen and oxygen atoms in total. The van der Waals surface area contributed by atoms with Crippen LogP contribution in [0.2, 0.25) is 0 Å². The van der Waals surface area contributed by atoms with E-state index < -0.39 is 0 Å². The lowest BCUT2D eigenvalue weighted by molar-refractivity contribution is 0.0990. The van der Waals surface area contributed by atoms with Crippen molar-refractivity contribution < 1.29 is 9.59 Å². The van der Waals surface area contributed by atoms with Crippen molar-refractivity contribution in [1.82, 2.24) is 4.98 Å². The molecule has 0 fully saturated rings. The molecule has 3 rings (SSSR count). The number of allylic oxidation sites excluding steroid dienone is 2. The molecular formula is C15H10N2O2. The Morgan fingerprint density at radius 3 is 2.37 bits per heavy atom. The van der Waals surface area contributed by atoms with Gasteiger partial charge in [-0.05, 0) is 36.4 Å². The maximum absolute atomic E-state index is 11.7. The molecule has 92 valence electrons. The Balaban J connectivity index is 1.96. The van der Waals surface area contributed by atoms with Gasteiger partial charge in [-0.3, -0.25) is 9.59 Å². The van der Waals surface area contributed by atoms with Crippen LogP contribution < -0.4 is 5.32 Å². The average molecular weight is 250 g/mol. The van der Waals surface area contributed by atoms with Crippen LogP contribution in [0, 0.1) is 0 Å². The zero-order valence-electron chi connectivity index (χ0n) is 9.96. The number of hydrogen-bond acceptors (Lipinski definition) is 4. The van der Waals surface area contributed by atoms with Gasteiger partial charge in [-0.2, -0.15) is 0 Å². The lowest BCUT2D eigenvalue weighted by Crippen LogP contribution is -2.14. The first kappa shape index (κ1) is 11.3. The van der Waals surface area contributed by atoms with Crippen molar-refractivity contribution in [1.29, 1.82) is 0 Å². The monoisotopic (exact) mass is 250 g/mol. The fourth-order valence-electron chi connectivity index (χ4n) is 1.90. The smallest absolute Gasteiger partial charge is 0.205 e. The van der Waals surface area contributed by atoms with Gasteiger partial charge < -0.3 is 5.32 Å². The van der Waals surface area contributed by atoms with Gasteiger partial charge in [0.25, 0.3) is 0 Å². The zero-order valence-corrected chi connectivity index (χ0v) is 9.96. The quantitative estimate of drug-likeness (QED) is 0.890. The number of hydrogen-bond donors (Lipinski definition) is 1. The predicted octanol–water partition coefficient (Wildman–Crippen LogP) is 2.76. The van der Waals surface area contributed by atoms with Crippen LogP contribution in [-0.2, 0) is 0 Å². The number of benzene rings is 1. The number of ketones is 2. The maximum Gasteiger partial charge on any atom is 0.205 e. The van der Waals surface area contributed by atoms with Crippen molar-refractivity contribution in [2.45, 2.75) is 0 Å². The number of aromatic nitrogens is 1. The molecule has 0 atom stereocenters. The number of para-hydroxylation sites is 1. The lowest BCUT2D eigenvalue weighted by atomic mass is 10.0. The van der Waals surface area contributed by atoms with Crippen LogP contribution in [0.25, 0.3) is 0 Å². The van der Waals surface area contributed by atoms with E-state index >= 15 is 0 Å². The van der Waals surface area contributed by atoms with Crippen LogP contribution in [0.15, 0.2) is 54.6 Å². The van der Waals surface area contributed by atoms with E-state index in [0.29, 0.717) is 11.4 Å². The second kappa shape index (κ2) is 4.49. The summed E-state index contributed by atoms with van der Waals surface area (Å²) in [5, 5.41) is 3.09. The Morgan fingerprint density at radius 1 is 0.842 bits per heavy atom. The number of anilines is 2. The summed E-state index contributed by atoms with van der Waals surface area (Å²) in [4.78, 5) is 27.5. The molecule has 1 aliphatic rings. The minimum atomic E-state index is -0.244. The van der Waals surface area contributed by atoms with Crippen molar-refractivity contribution in [3.05, 3.63) is 65.9 Å². The van der Waals surface area contributed by atoms with E-state index in [4.69, 9.17) is 0 Å². The van der Waals surface area contributed by atoms with Crippen molar-refractivity contribution in [2.75, 3.05) is 5.32 Å². The first-order chi connectivity index (χ1) is 9.24. The molecule has 1 heterocycles. The largest absolute Gasteiger partial charge is 0.340 e. The van der Waals surface area contributed by atoms with E-state index in [0.717, 1.165) is 5.69 Å². The summed E-state index contributed by atoms with van der Waals surface area (Å²) in [6.45, 7) is 0. The third-order valence-corrected chi connectivity index (χ3v) is 2.83. The van der Waals surface area contributed by atoms with Crippen LogP contribution in [0.3, 0.4) is 0 Å². The van der Waals surface area contributed by atoms with Gasteiger partial charge in [-0.1, -0.05) is 18.2 Å². The van der Waals surface area contributed by atoms with Gasteiger partial charge in [0.05, 0.1) is 5.56 Å². The van der Waals surface area contributed by atoms with Gasteiger partial charge in [0.15, 0.2) is 5.78 Å². The Kier molecular flexibility index (Phi) is 2.68. The molecule has 0 amide bonds. The highest BCUT2D eigenvalue weighted by Gasteiger charge is 2.20. The Hall–Kier alpha value is -2.75. The number of fused-ring (bicyclic) bond motifs is 1. The summed E-state index contributed by atoms with van der Waals surface area (Å²) in [7, 11) is 0. The van der Waals surface area contributed by atoms with Gasteiger partial charge in [0.1, 0.15) is 11.5 Å². The van der Waals surface area contributed by atoms with E-state index in [2.05, 4.69) is 10.3 Å². The van der Waals surface area contributed by atoms with E-state index in [9.17, 15) is 9.59 Å². The minimum absolute atomic E-state index is 0.187. The van der Waals surface area contributed by atoms with Crippen LogP contribution in [0.1, 0.15) is 20.8 Å². The number of nitrogens with zero attached hydrogens (tertiary/aromatic N) is 1. The van der Waals surface area contributed by atoms with Crippen LogP contribution in [0.5, 0.6) is 0 Å². The highest BCUT2D eigenvalue weighted by molar-refractivity contribution is 6.21. The van der Waals surface area contributed by atoms with Crippen LogP contribution in [-0.4, -0.2) is 16.6 Å². The number of pyridine rings is 1. The molecular weight excluding hydrogens is 240 g/mol. The number of rotatable bonds is 2. The van der Waals surface area contributed by atoms with E-state index in [1.807, 2.05) is 30.3 Å². The van der Waals surface area contributed by atoms with Crippen LogP contribution in [0.4, 0.5) is 11.5 Å². The maximum atomic E-state index is 11.7. The summed E-state index contributed by atoms with van der Waals surface area (Å²) in [6.07, 6.45) is 2.53. The fraction of sp³-hybridized carbons (Fsp3) is 0. The van der Waals surface area contributed by atoms with Gasteiger partial charge in [-0.15, -0.1) is 0 Å². The average Bonchev–Trinajstić information content (AvgIpc) is 2.44. The van der Waals surface area contributed by atoms with Gasteiger partial charge in [0.2, 0.25) is 5.78 Å². The van der Waals surface area contributed by atoms with Gasteiger partial charge in [-0.25, -0.2) is 4.98 Å². The Labute approximate surface area is 109 Å². The summed E-state index contributed by atoms with van der Waals surface area (Å²) >= 11 is 0. The van der Waals surface area contributed by atoms with Crippen molar-refractivity contribution >= 4 is 23.1 Å². The Morgan fingerprint density at radius 2 is 1.58 bits per heavy atom. The predicted molar refractivity (Wildman–Crippen MR) is 71.8 cm³/mol. The molecule has 0 saturated carbocycles. The molecule has 19 heavy (non-hydrogen) atoms. The first-order valence-electron chi connectivity index (χ1n) is 5.84.